The largest absolute Gasteiger partial charge is 0.352 e. The summed E-state index contributed by atoms with van der Waals surface area (Å²) in [5.41, 5.74) is 1.10. The average molecular weight is 224 g/mol. The molecule has 0 spiro atoms. The van der Waals surface area contributed by atoms with Crippen LogP contribution in [-0.4, -0.2) is 25.5 Å². The second-order valence-electron chi connectivity index (χ2n) is 5.04. The lowest BCUT2D eigenvalue weighted by molar-refractivity contribution is -0.118. The molecule has 1 aliphatic heterocycles. The zero-order valence-corrected chi connectivity index (χ0v) is 10.7. The maximum atomic E-state index is 11.7. The van der Waals surface area contributed by atoms with Crippen LogP contribution in [0.3, 0.4) is 0 Å². The van der Waals surface area contributed by atoms with E-state index in [-0.39, 0.29) is 11.3 Å². The maximum Gasteiger partial charge on any atom is 0.246 e. The zero-order valence-electron chi connectivity index (χ0n) is 10.7. The molecule has 92 valence electrons. The Labute approximate surface area is 98.7 Å². The molecular weight excluding hydrogens is 200 g/mol. The highest BCUT2D eigenvalue weighted by atomic mass is 16.1. The number of hydrogen-bond donors (Lipinski definition) is 2. The van der Waals surface area contributed by atoms with Gasteiger partial charge < -0.3 is 10.6 Å². The maximum absolute atomic E-state index is 11.7. The van der Waals surface area contributed by atoms with E-state index in [1.165, 1.54) is 0 Å². The summed E-state index contributed by atoms with van der Waals surface area (Å²) in [7, 11) is 0. The minimum Gasteiger partial charge on any atom is -0.352 e. The molecule has 1 saturated heterocycles. The Morgan fingerprint density at radius 2 is 2.06 bits per heavy atom. The summed E-state index contributed by atoms with van der Waals surface area (Å²) in [6.45, 7) is 9.11. The van der Waals surface area contributed by atoms with E-state index in [1.54, 1.807) is 0 Å². The molecule has 0 aliphatic carbocycles. The van der Waals surface area contributed by atoms with Crippen LogP contribution in [0, 0.1) is 5.41 Å². The van der Waals surface area contributed by atoms with Crippen LogP contribution in [0.5, 0.6) is 0 Å². The molecule has 1 fully saturated rings. The molecule has 2 N–H and O–H groups in total. The lowest BCUT2D eigenvalue weighted by atomic mass is 9.81. The highest BCUT2D eigenvalue weighted by Crippen LogP contribution is 2.26. The second-order valence-corrected chi connectivity index (χ2v) is 5.04. The Kier molecular flexibility index (Phi) is 5.00. The predicted molar refractivity (Wildman–Crippen MR) is 67.3 cm³/mol. The fourth-order valence-corrected chi connectivity index (χ4v) is 2.04. The van der Waals surface area contributed by atoms with Gasteiger partial charge in [0, 0.05) is 12.1 Å². The Morgan fingerprint density at radius 1 is 1.44 bits per heavy atom. The number of nitrogens with one attached hydrogen (secondary N) is 2. The van der Waals surface area contributed by atoms with Crippen molar-refractivity contribution in [2.24, 2.45) is 5.41 Å². The highest BCUT2D eigenvalue weighted by Gasteiger charge is 2.26. The summed E-state index contributed by atoms with van der Waals surface area (Å²) in [6, 6.07) is 0. The third kappa shape index (κ3) is 3.97. The molecular formula is C13H24N2O. The van der Waals surface area contributed by atoms with Gasteiger partial charge >= 0.3 is 0 Å². The minimum absolute atomic E-state index is 0.0848. The molecule has 1 aliphatic rings. The van der Waals surface area contributed by atoms with Gasteiger partial charge in [-0.3, -0.25) is 4.79 Å². The SMILES string of the molecule is CC/C=C(/C)C(=O)NCC1(C)CCNCC1. The number of piperidine rings is 1. The van der Waals surface area contributed by atoms with Crippen LogP contribution in [0.15, 0.2) is 11.6 Å². The van der Waals surface area contributed by atoms with Crippen molar-refractivity contribution in [2.75, 3.05) is 19.6 Å². The van der Waals surface area contributed by atoms with Crippen molar-refractivity contribution in [1.29, 1.82) is 0 Å². The van der Waals surface area contributed by atoms with Crippen molar-refractivity contribution in [1.82, 2.24) is 10.6 Å². The second kappa shape index (κ2) is 6.04. The van der Waals surface area contributed by atoms with Gasteiger partial charge in [-0.15, -0.1) is 0 Å². The summed E-state index contributed by atoms with van der Waals surface area (Å²) in [5.74, 6) is 0.0848. The van der Waals surface area contributed by atoms with E-state index < -0.39 is 0 Å². The van der Waals surface area contributed by atoms with Crippen molar-refractivity contribution in [3.05, 3.63) is 11.6 Å². The molecule has 1 rings (SSSR count). The van der Waals surface area contributed by atoms with Gasteiger partial charge in [-0.1, -0.05) is 19.9 Å². The Bertz CT molecular complexity index is 265. The van der Waals surface area contributed by atoms with Gasteiger partial charge in [-0.05, 0) is 44.7 Å². The molecule has 16 heavy (non-hydrogen) atoms. The number of rotatable bonds is 4. The van der Waals surface area contributed by atoms with Crippen molar-refractivity contribution >= 4 is 5.91 Å². The lowest BCUT2D eigenvalue weighted by Gasteiger charge is -2.34. The van der Waals surface area contributed by atoms with Gasteiger partial charge in [0.2, 0.25) is 5.91 Å². The summed E-state index contributed by atoms with van der Waals surface area (Å²) >= 11 is 0. The number of allylic oxidation sites excluding steroid dienone is 1. The Morgan fingerprint density at radius 3 is 2.62 bits per heavy atom. The number of carbonyl (C=O) groups is 1. The number of carbonyl (C=O) groups excluding carboxylic acids is 1. The molecule has 0 radical (unpaired) electrons. The first-order chi connectivity index (χ1) is 7.57. The first kappa shape index (κ1) is 13.2. The van der Waals surface area contributed by atoms with Gasteiger partial charge in [-0.2, -0.15) is 0 Å². The smallest absolute Gasteiger partial charge is 0.246 e. The minimum atomic E-state index is 0.0848. The van der Waals surface area contributed by atoms with Crippen LogP contribution in [0.2, 0.25) is 0 Å². The number of amides is 1. The molecule has 0 saturated carbocycles. The lowest BCUT2D eigenvalue weighted by Crippen LogP contribution is -2.43. The van der Waals surface area contributed by atoms with E-state index in [1.807, 2.05) is 19.9 Å². The van der Waals surface area contributed by atoms with Crippen LogP contribution in [0.4, 0.5) is 0 Å². The molecule has 0 bridgehead atoms. The standard InChI is InChI=1S/C13H24N2O/c1-4-5-11(2)12(16)15-10-13(3)6-8-14-9-7-13/h5,14H,4,6-10H2,1-3H3,(H,15,16)/b11-5-. The van der Waals surface area contributed by atoms with Gasteiger partial charge in [0.05, 0.1) is 0 Å². The van der Waals surface area contributed by atoms with Crippen molar-refractivity contribution in [3.8, 4) is 0 Å². The Balaban J connectivity index is 2.38. The monoisotopic (exact) mass is 224 g/mol. The van der Waals surface area contributed by atoms with Crippen LogP contribution in [-0.2, 0) is 4.79 Å². The van der Waals surface area contributed by atoms with Gasteiger partial charge in [0.1, 0.15) is 0 Å². The van der Waals surface area contributed by atoms with Crippen LogP contribution < -0.4 is 10.6 Å². The van der Waals surface area contributed by atoms with E-state index in [2.05, 4.69) is 17.6 Å². The van der Waals surface area contributed by atoms with E-state index in [0.717, 1.165) is 44.5 Å². The molecule has 0 aromatic carbocycles. The third-order valence-electron chi connectivity index (χ3n) is 3.35. The Hall–Kier alpha value is -0.830. The molecule has 0 aromatic rings. The van der Waals surface area contributed by atoms with Crippen molar-refractivity contribution in [3.63, 3.8) is 0 Å². The summed E-state index contributed by atoms with van der Waals surface area (Å²) in [6.07, 6.45) is 5.17. The topological polar surface area (TPSA) is 41.1 Å². The van der Waals surface area contributed by atoms with E-state index >= 15 is 0 Å². The van der Waals surface area contributed by atoms with Gasteiger partial charge in [0.15, 0.2) is 0 Å². The van der Waals surface area contributed by atoms with Crippen LogP contribution in [0.25, 0.3) is 0 Å². The fraction of sp³-hybridized carbons (Fsp3) is 0.769. The van der Waals surface area contributed by atoms with Crippen molar-refractivity contribution in [2.45, 2.75) is 40.0 Å². The summed E-state index contributed by atoms with van der Waals surface area (Å²) in [5, 5.41) is 6.39. The first-order valence-electron chi connectivity index (χ1n) is 6.23. The molecule has 1 heterocycles. The van der Waals surface area contributed by atoms with Gasteiger partial charge in [0.25, 0.3) is 0 Å². The third-order valence-corrected chi connectivity index (χ3v) is 3.35. The molecule has 3 heteroatoms. The molecule has 3 nitrogen and oxygen atoms in total. The molecule has 1 amide bonds. The van der Waals surface area contributed by atoms with E-state index in [0.29, 0.717) is 0 Å². The molecule has 0 aromatic heterocycles. The van der Waals surface area contributed by atoms with Crippen molar-refractivity contribution < 1.29 is 4.79 Å². The fourth-order valence-electron chi connectivity index (χ4n) is 2.04. The summed E-state index contributed by atoms with van der Waals surface area (Å²) < 4.78 is 0. The summed E-state index contributed by atoms with van der Waals surface area (Å²) in [4.78, 5) is 11.7. The number of hydrogen-bond acceptors (Lipinski definition) is 2. The normalized spacial score (nSPS) is 20.6. The highest BCUT2D eigenvalue weighted by molar-refractivity contribution is 5.92. The van der Waals surface area contributed by atoms with Gasteiger partial charge in [-0.25, -0.2) is 0 Å². The zero-order chi connectivity index (χ0) is 12.0. The van der Waals surface area contributed by atoms with Crippen LogP contribution >= 0.6 is 0 Å². The molecule has 0 atom stereocenters. The predicted octanol–water partition coefficient (Wildman–Crippen LogP) is 1.85. The van der Waals surface area contributed by atoms with E-state index in [4.69, 9.17) is 0 Å². The molecule has 0 unspecified atom stereocenters. The van der Waals surface area contributed by atoms with Crippen LogP contribution in [0.1, 0.15) is 40.0 Å². The van der Waals surface area contributed by atoms with E-state index in [9.17, 15) is 4.79 Å². The first-order valence-corrected chi connectivity index (χ1v) is 6.23. The average Bonchev–Trinajstić information content (AvgIpc) is 2.27. The quantitative estimate of drug-likeness (QED) is 0.716.